The van der Waals surface area contributed by atoms with Gasteiger partial charge in [-0.2, -0.15) is 5.48 Å². The third-order valence-electron chi connectivity index (χ3n) is 1.94. The minimum absolute atomic E-state index is 0.468. The van der Waals surface area contributed by atoms with E-state index in [4.69, 9.17) is 9.57 Å². The van der Waals surface area contributed by atoms with Gasteiger partial charge in [0.1, 0.15) is 0 Å². The Bertz CT molecular complexity index is 105. The number of rotatable bonds is 5. The molecule has 1 atom stereocenters. The van der Waals surface area contributed by atoms with Gasteiger partial charge in [0.25, 0.3) is 0 Å². The molecule has 0 aromatic carbocycles. The highest BCUT2D eigenvalue weighted by molar-refractivity contribution is 4.71. The lowest BCUT2D eigenvalue weighted by Gasteiger charge is -2.23. The summed E-state index contributed by atoms with van der Waals surface area (Å²) in [6.45, 7) is 3.41. The van der Waals surface area contributed by atoms with Crippen molar-refractivity contribution in [1.29, 1.82) is 0 Å². The molecule has 1 rings (SSSR count). The first kappa shape index (κ1) is 9.92. The van der Waals surface area contributed by atoms with Gasteiger partial charge >= 0.3 is 0 Å². The highest BCUT2D eigenvalue weighted by atomic mass is 16.7. The molecule has 1 unspecified atom stereocenters. The van der Waals surface area contributed by atoms with Gasteiger partial charge in [-0.05, 0) is 19.4 Å². The molecule has 2 N–H and O–H groups in total. The summed E-state index contributed by atoms with van der Waals surface area (Å²) >= 11 is 0. The van der Waals surface area contributed by atoms with Crippen LogP contribution < -0.4 is 10.8 Å². The topological polar surface area (TPSA) is 42.5 Å². The third kappa shape index (κ3) is 4.01. The minimum atomic E-state index is 0.468. The fourth-order valence-electron chi connectivity index (χ4n) is 1.25. The van der Waals surface area contributed by atoms with Gasteiger partial charge in [0.2, 0.25) is 0 Å². The van der Waals surface area contributed by atoms with Gasteiger partial charge in [-0.25, -0.2) is 0 Å². The maximum Gasteiger partial charge on any atom is 0.0916 e. The van der Waals surface area contributed by atoms with Gasteiger partial charge in [-0.15, -0.1) is 0 Å². The zero-order valence-electron chi connectivity index (χ0n) is 7.64. The fraction of sp³-hybridized carbons (Fsp3) is 1.00. The first-order chi connectivity index (χ1) is 5.93. The van der Waals surface area contributed by atoms with Crippen molar-refractivity contribution in [3.05, 3.63) is 0 Å². The summed E-state index contributed by atoms with van der Waals surface area (Å²) < 4.78 is 4.85. The Morgan fingerprint density at radius 3 is 3.08 bits per heavy atom. The molecule has 0 spiro atoms. The minimum Gasteiger partial charge on any atom is -0.382 e. The van der Waals surface area contributed by atoms with Crippen molar-refractivity contribution in [2.45, 2.75) is 18.9 Å². The van der Waals surface area contributed by atoms with Gasteiger partial charge in [0.05, 0.1) is 13.2 Å². The molecule has 72 valence electrons. The Morgan fingerprint density at radius 2 is 2.42 bits per heavy atom. The second-order valence-electron chi connectivity index (χ2n) is 3.00. The summed E-state index contributed by atoms with van der Waals surface area (Å²) in [4.78, 5) is 5.20. The Morgan fingerprint density at radius 1 is 1.50 bits per heavy atom. The third-order valence-corrected chi connectivity index (χ3v) is 1.94. The number of nitrogens with one attached hydrogen (secondary N) is 2. The molecule has 0 aromatic heterocycles. The highest BCUT2D eigenvalue weighted by Crippen LogP contribution is 2.00. The van der Waals surface area contributed by atoms with E-state index >= 15 is 0 Å². The largest absolute Gasteiger partial charge is 0.382 e. The van der Waals surface area contributed by atoms with E-state index in [-0.39, 0.29) is 0 Å². The van der Waals surface area contributed by atoms with Gasteiger partial charge in [0.15, 0.2) is 0 Å². The van der Waals surface area contributed by atoms with Gasteiger partial charge in [-0.3, -0.25) is 4.84 Å². The number of hydrogen-bond acceptors (Lipinski definition) is 4. The van der Waals surface area contributed by atoms with Crippen molar-refractivity contribution < 1.29 is 9.57 Å². The van der Waals surface area contributed by atoms with E-state index < -0.39 is 0 Å². The summed E-state index contributed by atoms with van der Waals surface area (Å²) in [6, 6.07) is 0.468. The van der Waals surface area contributed by atoms with Crippen molar-refractivity contribution in [3.63, 3.8) is 0 Å². The summed E-state index contributed by atoms with van der Waals surface area (Å²) in [5.74, 6) is 0. The summed E-state index contributed by atoms with van der Waals surface area (Å²) in [5, 5.41) is 3.30. The van der Waals surface area contributed by atoms with Crippen molar-refractivity contribution in [1.82, 2.24) is 10.8 Å². The van der Waals surface area contributed by atoms with Crippen molar-refractivity contribution in [2.24, 2.45) is 0 Å². The van der Waals surface area contributed by atoms with E-state index in [0.29, 0.717) is 19.3 Å². The second-order valence-corrected chi connectivity index (χ2v) is 3.00. The van der Waals surface area contributed by atoms with Crippen LogP contribution in [0.3, 0.4) is 0 Å². The lowest BCUT2D eigenvalue weighted by molar-refractivity contribution is -0.0156. The molecule has 1 saturated heterocycles. The molecular formula is C8H18N2O2. The molecule has 1 aliphatic heterocycles. The average molecular weight is 174 g/mol. The summed E-state index contributed by atoms with van der Waals surface area (Å²) in [5.41, 5.74) is 3.01. The summed E-state index contributed by atoms with van der Waals surface area (Å²) in [7, 11) is 1.67. The number of piperidine rings is 1. The molecule has 1 heterocycles. The van der Waals surface area contributed by atoms with Crippen LogP contribution in [0.25, 0.3) is 0 Å². The van der Waals surface area contributed by atoms with Crippen LogP contribution in [0.5, 0.6) is 0 Å². The second kappa shape index (κ2) is 6.37. The van der Waals surface area contributed by atoms with Crippen molar-refractivity contribution >= 4 is 0 Å². The number of ether oxygens (including phenoxy) is 1. The first-order valence-electron chi connectivity index (χ1n) is 4.50. The maximum absolute atomic E-state index is 5.20. The van der Waals surface area contributed by atoms with Gasteiger partial charge in [0, 0.05) is 19.7 Å². The van der Waals surface area contributed by atoms with Crippen molar-refractivity contribution in [3.8, 4) is 0 Å². The quantitative estimate of drug-likeness (QED) is 0.451. The normalized spacial score (nSPS) is 24.2. The van der Waals surface area contributed by atoms with Crippen LogP contribution in [0.15, 0.2) is 0 Å². The zero-order valence-corrected chi connectivity index (χ0v) is 7.64. The first-order valence-corrected chi connectivity index (χ1v) is 4.50. The maximum atomic E-state index is 5.20. The molecule has 0 amide bonds. The lowest BCUT2D eigenvalue weighted by atomic mass is 10.1. The lowest BCUT2D eigenvalue weighted by Crippen LogP contribution is -2.43. The van der Waals surface area contributed by atoms with E-state index in [0.717, 1.165) is 13.1 Å². The Hall–Kier alpha value is -0.160. The molecule has 0 aliphatic carbocycles. The fourth-order valence-corrected chi connectivity index (χ4v) is 1.25. The standard InChI is InChI=1S/C8H18N2O2/c1-11-5-6-12-10-8-3-2-4-9-7-8/h8-10H,2-7H2,1H3. The van der Waals surface area contributed by atoms with Gasteiger partial charge < -0.3 is 10.1 Å². The van der Waals surface area contributed by atoms with E-state index in [2.05, 4.69) is 10.8 Å². The van der Waals surface area contributed by atoms with Crippen LogP contribution in [0, 0.1) is 0 Å². The van der Waals surface area contributed by atoms with Crippen LogP contribution in [0.1, 0.15) is 12.8 Å². The number of hydroxylamine groups is 1. The van der Waals surface area contributed by atoms with Crippen LogP contribution >= 0.6 is 0 Å². The van der Waals surface area contributed by atoms with E-state index in [9.17, 15) is 0 Å². The highest BCUT2D eigenvalue weighted by Gasteiger charge is 2.11. The molecule has 0 aromatic rings. The molecule has 1 aliphatic rings. The Kier molecular flexibility index (Phi) is 5.27. The van der Waals surface area contributed by atoms with E-state index in [1.807, 2.05) is 0 Å². The Balaban J connectivity index is 1.91. The molecule has 1 fully saturated rings. The van der Waals surface area contributed by atoms with Crippen LogP contribution in [0.2, 0.25) is 0 Å². The van der Waals surface area contributed by atoms with Crippen LogP contribution in [-0.4, -0.2) is 39.5 Å². The predicted octanol–water partition coefficient (Wildman–Crippen LogP) is -0.0940. The molecular weight excluding hydrogens is 156 g/mol. The van der Waals surface area contributed by atoms with E-state index in [1.165, 1.54) is 12.8 Å². The SMILES string of the molecule is COCCONC1CCCNC1. The monoisotopic (exact) mass is 174 g/mol. The molecule has 12 heavy (non-hydrogen) atoms. The van der Waals surface area contributed by atoms with E-state index in [1.54, 1.807) is 7.11 Å². The van der Waals surface area contributed by atoms with Crippen molar-refractivity contribution in [2.75, 3.05) is 33.4 Å². The molecule has 0 bridgehead atoms. The smallest absolute Gasteiger partial charge is 0.0916 e. The Labute approximate surface area is 73.6 Å². The van der Waals surface area contributed by atoms with Gasteiger partial charge in [-0.1, -0.05) is 0 Å². The number of hydrogen-bond donors (Lipinski definition) is 2. The molecule has 4 heteroatoms. The average Bonchev–Trinajstić information content (AvgIpc) is 2.14. The summed E-state index contributed by atoms with van der Waals surface area (Å²) in [6.07, 6.45) is 2.42. The molecule has 0 radical (unpaired) electrons. The molecule has 0 saturated carbocycles. The van der Waals surface area contributed by atoms with Crippen LogP contribution in [0.4, 0.5) is 0 Å². The predicted molar refractivity (Wildman–Crippen MR) is 46.9 cm³/mol. The van der Waals surface area contributed by atoms with Crippen LogP contribution in [-0.2, 0) is 9.57 Å². The molecule has 4 nitrogen and oxygen atoms in total. The number of methoxy groups -OCH3 is 1. The zero-order chi connectivity index (χ0) is 8.65.